The van der Waals surface area contributed by atoms with Crippen LogP contribution in [0.5, 0.6) is 0 Å². The van der Waals surface area contributed by atoms with E-state index in [4.69, 9.17) is 11.6 Å². The topological polar surface area (TPSA) is 23.6 Å². The molecule has 2 aromatic rings. The number of anilines is 1. The SMILES string of the molecule is Cc1ccc(Cl)cc1N1CCN(C(=O)Cc2ccccc2)CC1. The van der Waals surface area contributed by atoms with Crippen molar-refractivity contribution in [1.29, 1.82) is 0 Å². The van der Waals surface area contributed by atoms with Crippen LogP contribution in [0.15, 0.2) is 48.5 Å². The van der Waals surface area contributed by atoms with E-state index < -0.39 is 0 Å². The molecule has 3 nitrogen and oxygen atoms in total. The molecule has 1 heterocycles. The highest BCUT2D eigenvalue weighted by atomic mass is 35.5. The van der Waals surface area contributed by atoms with Crippen molar-refractivity contribution in [3.8, 4) is 0 Å². The lowest BCUT2D eigenvalue weighted by Crippen LogP contribution is -2.49. The fourth-order valence-corrected chi connectivity index (χ4v) is 3.17. The lowest BCUT2D eigenvalue weighted by atomic mass is 10.1. The Hall–Kier alpha value is -2.00. The van der Waals surface area contributed by atoms with Crippen LogP contribution in [-0.2, 0) is 11.2 Å². The van der Waals surface area contributed by atoms with Crippen molar-refractivity contribution < 1.29 is 4.79 Å². The molecule has 23 heavy (non-hydrogen) atoms. The van der Waals surface area contributed by atoms with Crippen molar-refractivity contribution in [3.63, 3.8) is 0 Å². The van der Waals surface area contributed by atoms with Gasteiger partial charge < -0.3 is 9.80 Å². The van der Waals surface area contributed by atoms with E-state index in [1.807, 2.05) is 53.4 Å². The van der Waals surface area contributed by atoms with Crippen LogP contribution >= 0.6 is 11.6 Å². The Morgan fingerprint density at radius 3 is 2.43 bits per heavy atom. The number of hydrogen-bond acceptors (Lipinski definition) is 2. The fraction of sp³-hybridized carbons (Fsp3) is 0.316. The Kier molecular flexibility index (Phi) is 4.87. The van der Waals surface area contributed by atoms with Gasteiger partial charge in [-0.3, -0.25) is 4.79 Å². The van der Waals surface area contributed by atoms with E-state index >= 15 is 0 Å². The molecule has 0 aliphatic carbocycles. The molecule has 120 valence electrons. The fourth-order valence-electron chi connectivity index (χ4n) is 3.00. The Labute approximate surface area is 142 Å². The average Bonchev–Trinajstić information content (AvgIpc) is 2.58. The molecule has 4 heteroatoms. The summed E-state index contributed by atoms with van der Waals surface area (Å²) in [6.07, 6.45) is 0.483. The van der Waals surface area contributed by atoms with E-state index in [9.17, 15) is 4.79 Å². The number of hydrogen-bond donors (Lipinski definition) is 0. The number of piperazine rings is 1. The van der Waals surface area contributed by atoms with Crippen LogP contribution in [0, 0.1) is 6.92 Å². The van der Waals surface area contributed by atoms with Crippen molar-refractivity contribution in [3.05, 3.63) is 64.7 Å². The highest BCUT2D eigenvalue weighted by Gasteiger charge is 2.22. The summed E-state index contributed by atoms with van der Waals surface area (Å²) in [7, 11) is 0. The third-order valence-corrected chi connectivity index (χ3v) is 4.58. The first-order chi connectivity index (χ1) is 11.1. The van der Waals surface area contributed by atoms with Crippen LogP contribution in [0.4, 0.5) is 5.69 Å². The van der Waals surface area contributed by atoms with Crippen molar-refractivity contribution in [2.75, 3.05) is 31.1 Å². The number of carbonyl (C=O) groups is 1. The molecule has 0 bridgehead atoms. The van der Waals surface area contributed by atoms with Crippen molar-refractivity contribution in [2.45, 2.75) is 13.3 Å². The van der Waals surface area contributed by atoms with Crippen LogP contribution < -0.4 is 4.90 Å². The maximum absolute atomic E-state index is 12.4. The zero-order chi connectivity index (χ0) is 16.2. The third kappa shape index (κ3) is 3.85. The maximum Gasteiger partial charge on any atom is 0.227 e. The van der Waals surface area contributed by atoms with Gasteiger partial charge in [0.05, 0.1) is 6.42 Å². The predicted octanol–water partition coefficient (Wildman–Crippen LogP) is 3.54. The second-order valence-electron chi connectivity index (χ2n) is 5.96. The highest BCUT2D eigenvalue weighted by molar-refractivity contribution is 6.30. The van der Waals surface area contributed by atoms with E-state index in [-0.39, 0.29) is 5.91 Å². The zero-order valence-electron chi connectivity index (χ0n) is 13.3. The maximum atomic E-state index is 12.4. The molecule has 0 aromatic heterocycles. The predicted molar refractivity (Wildman–Crippen MR) is 95.1 cm³/mol. The summed E-state index contributed by atoms with van der Waals surface area (Å²) in [5.74, 6) is 0.207. The second-order valence-corrected chi connectivity index (χ2v) is 6.40. The Bertz CT molecular complexity index is 679. The van der Waals surface area contributed by atoms with Crippen LogP contribution in [0.1, 0.15) is 11.1 Å². The van der Waals surface area contributed by atoms with Gasteiger partial charge in [0.1, 0.15) is 0 Å². The van der Waals surface area contributed by atoms with Gasteiger partial charge in [0.2, 0.25) is 5.91 Å². The zero-order valence-corrected chi connectivity index (χ0v) is 14.1. The smallest absolute Gasteiger partial charge is 0.227 e. The number of halogens is 1. The first kappa shape index (κ1) is 15.9. The largest absolute Gasteiger partial charge is 0.368 e. The minimum atomic E-state index is 0.207. The number of benzene rings is 2. The summed E-state index contributed by atoms with van der Waals surface area (Å²) in [4.78, 5) is 16.7. The van der Waals surface area contributed by atoms with Gasteiger partial charge in [0.15, 0.2) is 0 Å². The number of carbonyl (C=O) groups excluding carboxylic acids is 1. The number of nitrogens with zero attached hydrogens (tertiary/aromatic N) is 2. The molecule has 0 N–H and O–H groups in total. The standard InChI is InChI=1S/C19H21ClN2O/c1-15-7-8-17(20)14-18(15)21-9-11-22(12-10-21)19(23)13-16-5-3-2-4-6-16/h2-8,14H,9-13H2,1H3. The van der Waals surface area contributed by atoms with Gasteiger partial charge in [0.25, 0.3) is 0 Å². The number of rotatable bonds is 3. The molecule has 0 spiro atoms. The first-order valence-corrected chi connectivity index (χ1v) is 8.34. The molecule has 1 saturated heterocycles. The van der Waals surface area contributed by atoms with E-state index in [1.54, 1.807) is 0 Å². The summed E-state index contributed by atoms with van der Waals surface area (Å²) >= 11 is 6.11. The van der Waals surface area contributed by atoms with Crippen molar-refractivity contribution in [1.82, 2.24) is 4.90 Å². The molecule has 0 atom stereocenters. The Morgan fingerprint density at radius 1 is 1.04 bits per heavy atom. The third-order valence-electron chi connectivity index (χ3n) is 4.34. The summed E-state index contributed by atoms with van der Waals surface area (Å²) < 4.78 is 0. The second kappa shape index (κ2) is 7.05. The molecule has 1 fully saturated rings. The molecule has 2 aromatic carbocycles. The van der Waals surface area contributed by atoms with Gasteiger partial charge in [-0.1, -0.05) is 48.0 Å². The van der Waals surface area contributed by atoms with E-state index in [0.717, 1.165) is 36.8 Å². The molecule has 1 aliphatic heterocycles. The summed E-state index contributed by atoms with van der Waals surface area (Å²) in [6.45, 7) is 5.32. The lowest BCUT2D eigenvalue weighted by molar-refractivity contribution is -0.130. The van der Waals surface area contributed by atoms with Gasteiger partial charge in [-0.05, 0) is 30.2 Å². The monoisotopic (exact) mass is 328 g/mol. The quantitative estimate of drug-likeness (QED) is 0.860. The van der Waals surface area contributed by atoms with Gasteiger partial charge >= 0.3 is 0 Å². The Balaban J connectivity index is 1.60. The van der Waals surface area contributed by atoms with Crippen LogP contribution in [0.3, 0.4) is 0 Å². The molecular weight excluding hydrogens is 308 g/mol. The minimum absolute atomic E-state index is 0.207. The molecule has 0 saturated carbocycles. The summed E-state index contributed by atoms with van der Waals surface area (Å²) in [5, 5.41) is 0.758. The summed E-state index contributed by atoms with van der Waals surface area (Å²) in [5.41, 5.74) is 3.47. The van der Waals surface area contributed by atoms with Crippen molar-refractivity contribution in [2.24, 2.45) is 0 Å². The Morgan fingerprint density at radius 2 is 1.74 bits per heavy atom. The highest BCUT2D eigenvalue weighted by Crippen LogP contribution is 2.25. The van der Waals surface area contributed by atoms with Crippen LogP contribution in [0.2, 0.25) is 5.02 Å². The minimum Gasteiger partial charge on any atom is -0.368 e. The van der Waals surface area contributed by atoms with Crippen LogP contribution in [0.25, 0.3) is 0 Å². The number of amides is 1. The normalized spacial score (nSPS) is 14.9. The van der Waals surface area contributed by atoms with E-state index in [0.29, 0.717) is 6.42 Å². The van der Waals surface area contributed by atoms with Gasteiger partial charge in [-0.25, -0.2) is 0 Å². The van der Waals surface area contributed by atoms with Gasteiger partial charge in [0, 0.05) is 36.9 Å². The van der Waals surface area contributed by atoms with Gasteiger partial charge in [-0.15, -0.1) is 0 Å². The molecule has 0 radical (unpaired) electrons. The molecule has 1 amide bonds. The van der Waals surface area contributed by atoms with Crippen molar-refractivity contribution >= 4 is 23.2 Å². The van der Waals surface area contributed by atoms with Gasteiger partial charge in [-0.2, -0.15) is 0 Å². The number of aryl methyl sites for hydroxylation is 1. The summed E-state index contributed by atoms with van der Waals surface area (Å²) in [6, 6.07) is 15.9. The molecule has 3 rings (SSSR count). The van der Waals surface area contributed by atoms with Crippen LogP contribution in [-0.4, -0.2) is 37.0 Å². The average molecular weight is 329 g/mol. The molecular formula is C19H21ClN2O. The van der Waals surface area contributed by atoms with E-state index in [2.05, 4.69) is 11.8 Å². The van der Waals surface area contributed by atoms with E-state index in [1.165, 1.54) is 11.3 Å². The molecule has 1 aliphatic rings. The lowest BCUT2D eigenvalue weighted by Gasteiger charge is -2.37. The molecule has 0 unspecified atom stereocenters. The first-order valence-electron chi connectivity index (χ1n) is 7.96.